The van der Waals surface area contributed by atoms with Gasteiger partial charge in [-0.15, -0.1) is 11.3 Å². The first-order valence-corrected chi connectivity index (χ1v) is 8.69. The number of nitrogens with zero attached hydrogens (tertiary/aromatic N) is 2. The van der Waals surface area contributed by atoms with Crippen LogP contribution in [0.1, 0.15) is 16.5 Å². The molecule has 0 saturated carbocycles. The van der Waals surface area contributed by atoms with Gasteiger partial charge in [0.1, 0.15) is 5.76 Å². The molecule has 9 heteroatoms. The van der Waals surface area contributed by atoms with Crippen LogP contribution in [0.5, 0.6) is 0 Å². The van der Waals surface area contributed by atoms with Crippen LogP contribution >= 0.6 is 11.3 Å². The average Bonchev–Trinajstić information content (AvgIpc) is 3.17. The van der Waals surface area contributed by atoms with E-state index in [0.717, 1.165) is 0 Å². The number of aromatic nitrogens is 2. The van der Waals surface area contributed by atoms with Crippen LogP contribution in [-0.4, -0.2) is 18.6 Å². The molecule has 0 aliphatic rings. The SMILES string of the molecule is Cc1nc(-c2cc(S(=O)(=O)NCc3ccco3)c(C)s2)no1. The number of rotatable bonds is 5. The van der Waals surface area contributed by atoms with Crippen LogP contribution in [0, 0.1) is 13.8 Å². The molecule has 0 spiro atoms. The summed E-state index contributed by atoms with van der Waals surface area (Å²) in [6.07, 6.45) is 1.50. The summed E-state index contributed by atoms with van der Waals surface area (Å²) in [7, 11) is -3.63. The van der Waals surface area contributed by atoms with Gasteiger partial charge in [0, 0.05) is 11.8 Å². The molecule has 3 aromatic heterocycles. The van der Waals surface area contributed by atoms with Gasteiger partial charge in [0.25, 0.3) is 0 Å². The highest BCUT2D eigenvalue weighted by molar-refractivity contribution is 7.89. The van der Waals surface area contributed by atoms with E-state index >= 15 is 0 Å². The summed E-state index contributed by atoms with van der Waals surface area (Å²) < 4.78 is 37.3. The molecule has 0 aromatic carbocycles. The molecule has 0 aliphatic heterocycles. The fourth-order valence-electron chi connectivity index (χ4n) is 1.90. The van der Waals surface area contributed by atoms with Gasteiger partial charge in [0.2, 0.25) is 21.7 Å². The van der Waals surface area contributed by atoms with Gasteiger partial charge in [-0.1, -0.05) is 5.16 Å². The molecule has 0 aliphatic carbocycles. The van der Waals surface area contributed by atoms with Crippen LogP contribution in [0.4, 0.5) is 0 Å². The fourth-order valence-corrected chi connectivity index (χ4v) is 4.41. The molecule has 3 rings (SSSR count). The zero-order chi connectivity index (χ0) is 15.7. The summed E-state index contributed by atoms with van der Waals surface area (Å²) in [5.41, 5.74) is 0. The maximum atomic E-state index is 12.4. The quantitative estimate of drug-likeness (QED) is 0.767. The molecule has 0 unspecified atom stereocenters. The van der Waals surface area contributed by atoms with Gasteiger partial charge < -0.3 is 8.94 Å². The van der Waals surface area contributed by atoms with E-state index in [-0.39, 0.29) is 11.4 Å². The second-order valence-electron chi connectivity index (χ2n) is 4.57. The molecule has 7 nitrogen and oxygen atoms in total. The number of hydrogen-bond acceptors (Lipinski definition) is 7. The van der Waals surface area contributed by atoms with Gasteiger partial charge in [-0.3, -0.25) is 0 Å². The highest BCUT2D eigenvalue weighted by Gasteiger charge is 2.22. The molecule has 0 fully saturated rings. The van der Waals surface area contributed by atoms with Crippen molar-refractivity contribution in [1.29, 1.82) is 0 Å². The normalized spacial score (nSPS) is 11.9. The lowest BCUT2D eigenvalue weighted by Gasteiger charge is -2.04. The number of thiophene rings is 1. The molecular formula is C13H13N3O4S2. The van der Waals surface area contributed by atoms with E-state index in [1.54, 1.807) is 32.0 Å². The Balaban J connectivity index is 1.86. The van der Waals surface area contributed by atoms with Gasteiger partial charge in [-0.05, 0) is 25.1 Å². The van der Waals surface area contributed by atoms with Crippen molar-refractivity contribution in [1.82, 2.24) is 14.9 Å². The summed E-state index contributed by atoms with van der Waals surface area (Å²) >= 11 is 1.30. The largest absolute Gasteiger partial charge is 0.468 e. The molecule has 0 radical (unpaired) electrons. The van der Waals surface area contributed by atoms with E-state index in [2.05, 4.69) is 14.9 Å². The van der Waals surface area contributed by atoms with Crippen molar-refractivity contribution in [2.24, 2.45) is 0 Å². The topological polar surface area (TPSA) is 98.2 Å². The third-order valence-electron chi connectivity index (χ3n) is 2.93. The van der Waals surface area contributed by atoms with Gasteiger partial charge in [-0.2, -0.15) is 4.98 Å². The molecule has 0 amide bonds. The minimum absolute atomic E-state index is 0.0985. The number of furan rings is 1. The molecule has 116 valence electrons. The standard InChI is InChI=1S/C13H13N3O4S2/c1-8-12(6-11(21-8)13-15-9(2)20-16-13)22(17,18)14-7-10-4-3-5-19-10/h3-6,14H,7H2,1-2H3. The van der Waals surface area contributed by atoms with Crippen LogP contribution in [-0.2, 0) is 16.6 Å². The maximum absolute atomic E-state index is 12.4. The van der Waals surface area contributed by atoms with Crippen molar-refractivity contribution in [3.63, 3.8) is 0 Å². The van der Waals surface area contributed by atoms with Crippen molar-refractivity contribution in [2.45, 2.75) is 25.3 Å². The second-order valence-corrected chi connectivity index (χ2v) is 7.56. The van der Waals surface area contributed by atoms with Crippen LogP contribution in [0.3, 0.4) is 0 Å². The predicted octanol–water partition coefficient (Wildman–Crippen LogP) is 2.49. The van der Waals surface area contributed by atoms with Crippen molar-refractivity contribution >= 4 is 21.4 Å². The Hall–Kier alpha value is -1.97. The monoisotopic (exact) mass is 339 g/mol. The van der Waals surface area contributed by atoms with E-state index in [9.17, 15) is 8.42 Å². The smallest absolute Gasteiger partial charge is 0.242 e. The summed E-state index contributed by atoms with van der Waals surface area (Å²) in [6.45, 7) is 3.52. The van der Waals surface area contributed by atoms with E-state index in [0.29, 0.717) is 27.2 Å². The number of hydrogen-bond donors (Lipinski definition) is 1. The Morgan fingerprint density at radius 2 is 2.18 bits per heavy atom. The Kier molecular flexibility index (Phi) is 3.85. The van der Waals surface area contributed by atoms with E-state index < -0.39 is 10.0 Å². The summed E-state index contributed by atoms with van der Waals surface area (Å²) in [6, 6.07) is 4.96. The van der Waals surface area contributed by atoms with Crippen LogP contribution in [0.2, 0.25) is 0 Å². The number of sulfonamides is 1. The zero-order valence-electron chi connectivity index (χ0n) is 11.9. The first-order valence-electron chi connectivity index (χ1n) is 6.39. The second kappa shape index (κ2) is 5.67. The summed E-state index contributed by atoms with van der Waals surface area (Å²) in [5, 5.41) is 3.80. The Morgan fingerprint density at radius 3 is 2.82 bits per heavy atom. The number of aryl methyl sites for hydroxylation is 2. The molecule has 0 bridgehead atoms. The molecule has 22 heavy (non-hydrogen) atoms. The first-order chi connectivity index (χ1) is 10.5. The molecular weight excluding hydrogens is 326 g/mol. The maximum Gasteiger partial charge on any atom is 0.242 e. The zero-order valence-corrected chi connectivity index (χ0v) is 13.5. The molecule has 3 aromatic rings. The van der Waals surface area contributed by atoms with Gasteiger partial charge >= 0.3 is 0 Å². The van der Waals surface area contributed by atoms with Crippen molar-refractivity contribution in [2.75, 3.05) is 0 Å². The van der Waals surface area contributed by atoms with E-state index in [4.69, 9.17) is 8.94 Å². The fraction of sp³-hybridized carbons (Fsp3) is 0.231. The molecule has 0 saturated heterocycles. The summed E-state index contributed by atoms with van der Waals surface area (Å²) in [4.78, 5) is 5.62. The van der Waals surface area contributed by atoms with Crippen molar-refractivity contribution in [3.05, 3.63) is 41.0 Å². The predicted molar refractivity (Wildman–Crippen MR) is 79.8 cm³/mol. The minimum atomic E-state index is -3.63. The van der Waals surface area contributed by atoms with Crippen LogP contribution in [0.15, 0.2) is 38.3 Å². The molecule has 0 atom stereocenters. The third-order valence-corrected chi connectivity index (χ3v) is 5.63. The minimum Gasteiger partial charge on any atom is -0.468 e. The van der Waals surface area contributed by atoms with Crippen molar-refractivity contribution < 1.29 is 17.4 Å². The number of nitrogens with one attached hydrogen (secondary N) is 1. The highest BCUT2D eigenvalue weighted by atomic mass is 32.2. The van der Waals surface area contributed by atoms with Crippen molar-refractivity contribution in [3.8, 4) is 10.7 Å². The molecule has 3 heterocycles. The first kappa shape index (κ1) is 14.9. The molecule has 1 N–H and O–H groups in total. The van der Waals surface area contributed by atoms with Gasteiger partial charge in [0.05, 0.1) is 22.6 Å². The lowest BCUT2D eigenvalue weighted by molar-refractivity contribution is 0.394. The highest BCUT2D eigenvalue weighted by Crippen LogP contribution is 2.31. The van der Waals surface area contributed by atoms with E-state index in [1.165, 1.54) is 17.6 Å². The Labute approximate surface area is 131 Å². The lowest BCUT2D eigenvalue weighted by Crippen LogP contribution is -2.23. The van der Waals surface area contributed by atoms with Crippen LogP contribution < -0.4 is 4.72 Å². The van der Waals surface area contributed by atoms with Crippen LogP contribution in [0.25, 0.3) is 10.7 Å². The van der Waals surface area contributed by atoms with Gasteiger partial charge in [0.15, 0.2) is 0 Å². The lowest BCUT2D eigenvalue weighted by atomic mass is 10.4. The van der Waals surface area contributed by atoms with E-state index in [1.807, 2.05) is 0 Å². The van der Waals surface area contributed by atoms with Gasteiger partial charge in [-0.25, -0.2) is 13.1 Å². The average molecular weight is 339 g/mol. The Bertz CT molecular complexity index is 878. The third kappa shape index (κ3) is 2.96. The summed E-state index contributed by atoms with van der Waals surface area (Å²) in [5.74, 6) is 1.37. The Morgan fingerprint density at radius 1 is 1.36 bits per heavy atom.